The van der Waals surface area contributed by atoms with Gasteiger partial charge in [-0.15, -0.1) is 0 Å². The van der Waals surface area contributed by atoms with Crippen molar-refractivity contribution < 1.29 is 33.3 Å². The molecule has 1 aliphatic rings. The highest BCUT2D eigenvalue weighted by atomic mass is 16.5. The van der Waals surface area contributed by atoms with Gasteiger partial charge < -0.3 is 34.3 Å². The van der Waals surface area contributed by atoms with E-state index in [2.05, 4.69) is 10.6 Å². The molecule has 9 nitrogen and oxygen atoms in total. The van der Waals surface area contributed by atoms with E-state index >= 15 is 0 Å². The SMILES string of the molecule is COC(=O)C1=C(c2ccc(OC)cc2)NC(=O)NC1c1cc(OC)c(OC)c(OC)c1. The number of benzene rings is 2. The number of carbonyl (C=O) groups is 2. The van der Waals surface area contributed by atoms with Crippen molar-refractivity contribution in [3.63, 3.8) is 0 Å². The van der Waals surface area contributed by atoms with E-state index in [1.54, 1.807) is 43.5 Å². The Morgan fingerprint density at radius 3 is 1.97 bits per heavy atom. The Labute approximate surface area is 179 Å². The molecule has 1 aliphatic heterocycles. The number of carbonyl (C=O) groups excluding carboxylic acids is 2. The summed E-state index contributed by atoms with van der Waals surface area (Å²) in [5.41, 5.74) is 1.72. The number of nitrogens with one attached hydrogen (secondary N) is 2. The molecular formula is C22H24N2O7. The lowest BCUT2D eigenvalue weighted by atomic mass is 9.92. The highest BCUT2D eigenvalue weighted by Crippen LogP contribution is 2.42. The Balaban J connectivity index is 2.22. The second kappa shape index (κ2) is 9.29. The Bertz CT molecular complexity index is 990. The van der Waals surface area contributed by atoms with Crippen molar-refractivity contribution in [2.45, 2.75) is 6.04 Å². The van der Waals surface area contributed by atoms with Crippen LogP contribution in [-0.2, 0) is 9.53 Å². The molecule has 0 saturated carbocycles. The largest absolute Gasteiger partial charge is 0.497 e. The first-order valence-corrected chi connectivity index (χ1v) is 9.31. The zero-order valence-electron chi connectivity index (χ0n) is 17.9. The van der Waals surface area contributed by atoms with Crippen LogP contribution in [0.3, 0.4) is 0 Å². The molecule has 0 saturated heterocycles. The molecule has 2 aromatic carbocycles. The molecule has 1 heterocycles. The topological polar surface area (TPSA) is 104 Å². The fourth-order valence-corrected chi connectivity index (χ4v) is 3.40. The van der Waals surface area contributed by atoms with Gasteiger partial charge in [-0.05, 0) is 47.5 Å². The standard InChI is InChI=1S/C22H24N2O7/c1-27-14-8-6-12(7-9-14)18-17(21(25)31-5)19(24-22(26)23-18)13-10-15(28-2)20(30-4)16(11-13)29-3/h6-11,19H,1-5H3,(H2,23,24,26). The summed E-state index contributed by atoms with van der Waals surface area (Å²) in [5, 5.41) is 5.49. The molecule has 2 aromatic rings. The van der Waals surface area contributed by atoms with E-state index < -0.39 is 18.0 Å². The number of ether oxygens (including phenoxy) is 5. The van der Waals surface area contributed by atoms with Crippen LogP contribution < -0.4 is 29.6 Å². The van der Waals surface area contributed by atoms with E-state index in [-0.39, 0.29) is 5.57 Å². The molecule has 1 unspecified atom stereocenters. The van der Waals surface area contributed by atoms with Crippen molar-refractivity contribution >= 4 is 17.7 Å². The molecular weight excluding hydrogens is 404 g/mol. The third-order valence-corrected chi connectivity index (χ3v) is 4.88. The van der Waals surface area contributed by atoms with Crippen LogP contribution in [0.1, 0.15) is 17.2 Å². The highest BCUT2D eigenvalue weighted by Gasteiger charge is 2.35. The van der Waals surface area contributed by atoms with Crippen LogP contribution in [-0.4, -0.2) is 47.5 Å². The van der Waals surface area contributed by atoms with Crippen LogP contribution in [0, 0.1) is 0 Å². The van der Waals surface area contributed by atoms with Crippen LogP contribution in [0.2, 0.25) is 0 Å². The quantitative estimate of drug-likeness (QED) is 0.654. The minimum absolute atomic E-state index is 0.224. The average molecular weight is 428 g/mol. The molecule has 3 rings (SSSR count). The first-order valence-electron chi connectivity index (χ1n) is 9.31. The Kier molecular flexibility index (Phi) is 6.54. The molecule has 9 heteroatoms. The van der Waals surface area contributed by atoms with Crippen molar-refractivity contribution in [2.24, 2.45) is 0 Å². The van der Waals surface area contributed by atoms with Gasteiger partial charge in [0.25, 0.3) is 0 Å². The number of esters is 1. The summed E-state index contributed by atoms with van der Waals surface area (Å²) < 4.78 is 26.4. The summed E-state index contributed by atoms with van der Waals surface area (Å²) in [6.07, 6.45) is 0. The Morgan fingerprint density at radius 1 is 0.871 bits per heavy atom. The Morgan fingerprint density at radius 2 is 1.48 bits per heavy atom. The molecule has 31 heavy (non-hydrogen) atoms. The number of amides is 2. The second-order valence-corrected chi connectivity index (χ2v) is 6.50. The van der Waals surface area contributed by atoms with Gasteiger partial charge >= 0.3 is 12.0 Å². The van der Waals surface area contributed by atoms with Gasteiger partial charge in [0.2, 0.25) is 5.75 Å². The highest BCUT2D eigenvalue weighted by molar-refractivity contribution is 6.04. The van der Waals surface area contributed by atoms with Crippen LogP contribution >= 0.6 is 0 Å². The molecule has 0 bridgehead atoms. The molecule has 0 aliphatic carbocycles. The monoisotopic (exact) mass is 428 g/mol. The lowest BCUT2D eigenvalue weighted by Gasteiger charge is -2.30. The summed E-state index contributed by atoms with van der Waals surface area (Å²) in [6.45, 7) is 0. The van der Waals surface area contributed by atoms with Crippen molar-refractivity contribution in [3.8, 4) is 23.0 Å². The Hall–Kier alpha value is -3.88. The first kappa shape index (κ1) is 21.8. The summed E-state index contributed by atoms with van der Waals surface area (Å²) in [7, 11) is 7.31. The first-order chi connectivity index (χ1) is 15.0. The summed E-state index contributed by atoms with van der Waals surface area (Å²) in [6, 6.07) is 9.01. The van der Waals surface area contributed by atoms with Gasteiger partial charge in [-0.1, -0.05) is 0 Å². The molecule has 0 aromatic heterocycles. The minimum atomic E-state index is -0.827. The van der Waals surface area contributed by atoms with E-state index in [9.17, 15) is 9.59 Å². The van der Waals surface area contributed by atoms with Crippen molar-refractivity contribution in [2.75, 3.05) is 35.5 Å². The maximum Gasteiger partial charge on any atom is 0.338 e. The fraction of sp³-hybridized carbons (Fsp3) is 0.273. The molecule has 0 spiro atoms. The molecule has 0 fully saturated rings. The van der Waals surface area contributed by atoms with Crippen LogP contribution in [0.15, 0.2) is 42.0 Å². The van der Waals surface area contributed by atoms with E-state index in [0.29, 0.717) is 39.8 Å². The predicted octanol–water partition coefficient (Wildman–Crippen LogP) is 2.66. The molecule has 1 atom stereocenters. The van der Waals surface area contributed by atoms with Gasteiger partial charge in [0.1, 0.15) is 5.75 Å². The van der Waals surface area contributed by atoms with Crippen LogP contribution in [0.5, 0.6) is 23.0 Å². The zero-order chi connectivity index (χ0) is 22.5. The molecule has 2 N–H and O–H groups in total. The van der Waals surface area contributed by atoms with Crippen LogP contribution in [0.25, 0.3) is 5.70 Å². The molecule has 2 amide bonds. The number of rotatable bonds is 7. The van der Waals surface area contributed by atoms with Crippen molar-refractivity contribution in [3.05, 3.63) is 53.1 Å². The molecule has 0 radical (unpaired) electrons. The van der Waals surface area contributed by atoms with Gasteiger partial charge in [-0.3, -0.25) is 0 Å². The number of hydrogen-bond donors (Lipinski definition) is 2. The van der Waals surface area contributed by atoms with Crippen molar-refractivity contribution in [1.82, 2.24) is 10.6 Å². The third-order valence-electron chi connectivity index (χ3n) is 4.88. The third kappa shape index (κ3) is 4.20. The maximum atomic E-state index is 12.8. The van der Waals surface area contributed by atoms with E-state index in [0.717, 1.165) is 0 Å². The summed E-state index contributed by atoms with van der Waals surface area (Å²) in [5.74, 6) is 1.22. The van der Waals surface area contributed by atoms with E-state index in [4.69, 9.17) is 23.7 Å². The van der Waals surface area contributed by atoms with Gasteiger partial charge in [-0.25, -0.2) is 9.59 Å². The average Bonchev–Trinajstić information content (AvgIpc) is 2.81. The predicted molar refractivity (Wildman–Crippen MR) is 112 cm³/mol. The summed E-state index contributed by atoms with van der Waals surface area (Å²) in [4.78, 5) is 25.3. The minimum Gasteiger partial charge on any atom is -0.497 e. The van der Waals surface area contributed by atoms with Gasteiger partial charge in [0, 0.05) is 0 Å². The fourth-order valence-electron chi connectivity index (χ4n) is 3.40. The van der Waals surface area contributed by atoms with Crippen molar-refractivity contribution in [1.29, 1.82) is 0 Å². The molecule has 164 valence electrons. The maximum absolute atomic E-state index is 12.8. The van der Waals surface area contributed by atoms with Gasteiger partial charge in [0.05, 0.1) is 52.9 Å². The number of urea groups is 1. The van der Waals surface area contributed by atoms with Gasteiger partial charge in [-0.2, -0.15) is 0 Å². The van der Waals surface area contributed by atoms with Crippen LogP contribution in [0.4, 0.5) is 4.79 Å². The van der Waals surface area contributed by atoms with Gasteiger partial charge in [0.15, 0.2) is 11.5 Å². The number of methoxy groups -OCH3 is 5. The second-order valence-electron chi connectivity index (χ2n) is 6.50. The smallest absolute Gasteiger partial charge is 0.338 e. The normalized spacial score (nSPS) is 15.5. The lowest BCUT2D eigenvalue weighted by molar-refractivity contribution is -0.136. The lowest BCUT2D eigenvalue weighted by Crippen LogP contribution is -2.45. The van der Waals surface area contributed by atoms with E-state index in [1.165, 1.54) is 28.4 Å². The summed E-state index contributed by atoms with van der Waals surface area (Å²) >= 11 is 0. The van der Waals surface area contributed by atoms with E-state index in [1.807, 2.05) is 0 Å². The number of hydrogen-bond acceptors (Lipinski definition) is 7. The zero-order valence-corrected chi connectivity index (χ0v) is 17.9.